The van der Waals surface area contributed by atoms with E-state index >= 15 is 0 Å². The second-order valence-electron chi connectivity index (χ2n) is 6.65. The number of nitrogens with two attached hydrogens (primary N) is 1. The van der Waals surface area contributed by atoms with E-state index in [1.807, 2.05) is 30.5 Å². The molecule has 5 nitrogen and oxygen atoms in total. The van der Waals surface area contributed by atoms with Crippen molar-refractivity contribution in [2.75, 3.05) is 26.5 Å². The Morgan fingerprint density at radius 1 is 1.44 bits per heavy atom. The van der Waals surface area contributed by atoms with Crippen molar-refractivity contribution in [3.05, 3.63) is 29.8 Å². The fourth-order valence-electron chi connectivity index (χ4n) is 3.73. The number of piperidine rings is 1. The van der Waals surface area contributed by atoms with Crippen molar-refractivity contribution in [1.29, 1.82) is 0 Å². The zero-order valence-electron chi connectivity index (χ0n) is 15.2. The number of benzene rings is 1. The molecule has 2 amide bonds. The van der Waals surface area contributed by atoms with E-state index in [0.29, 0.717) is 19.6 Å². The number of hydrogen-bond donors (Lipinski definition) is 2. The molecule has 0 aromatic heterocycles. The van der Waals surface area contributed by atoms with Gasteiger partial charge < -0.3 is 20.5 Å². The maximum absolute atomic E-state index is 12.0. The molecule has 0 saturated carbocycles. The molecule has 1 unspecified atom stereocenters. The highest BCUT2D eigenvalue weighted by atomic mass is 32.2. The normalized spacial score (nSPS) is 20.3. The molecule has 0 bridgehead atoms. The minimum Gasteiger partial charge on any atom is -0.385 e. The number of thioether (sulfide) groups is 1. The summed E-state index contributed by atoms with van der Waals surface area (Å²) in [5, 5.41) is 11.7. The fourth-order valence-corrected chi connectivity index (χ4v) is 4.19. The summed E-state index contributed by atoms with van der Waals surface area (Å²) in [6.45, 7) is 1.29. The number of carbonyl (C=O) groups is 1. The van der Waals surface area contributed by atoms with E-state index in [-0.39, 0.29) is 6.04 Å². The molecule has 1 saturated heterocycles. The number of urea groups is 1. The van der Waals surface area contributed by atoms with Crippen molar-refractivity contribution in [3.63, 3.8) is 0 Å². The Bertz CT molecular complexity index is 569. The molecule has 1 aliphatic rings. The maximum atomic E-state index is 12.0. The van der Waals surface area contributed by atoms with Gasteiger partial charge in [-0.25, -0.2) is 4.79 Å². The lowest BCUT2D eigenvalue weighted by Crippen LogP contribution is -2.56. The Morgan fingerprint density at radius 2 is 2.24 bits per heavy atom. The van der Waals surface area contributed by atoms with Crippen LogP contribution >= 0.6 is 11.8 Å². The number of nitrogens with zero attached hydrogens (tertiary/aromatic N) is 1. The molecule has 1 aromatic carbocycles. The maximum Gasteiger partial charge on any atom is 0.315 e. The van der Waals surface area contributed by atoms with Gasteiger partial charge in [0.15, 0.2) is 0 Å². The van der Waals surface area contributed by atoms with Crippen molar-refractivity contribution in [3.8, 4) is 0 Å². The van der Waals surface area contributed by atoms with Crippen molar-refractivity contribution >= 4 is 17.8 Å². The van der Waals surface area contributed by atoms with Crippen LogP contribution < -0.4 is 5.73 Å². The van der Waals surface area contributed by atoms with E-state index in [0.717, 1.165) is 42.6 Å². The Hall–Kier alpha value is -1.24. The highest BCUT2D eigenvalue weighted by molar-refractivity contribution is 7.98. The Balaban J connectivity index is 2.34. The zero-order valence-corrected chi connectivity index (χ0v) is 16.1. The van der Waals surface area contributed by atoms with Crippen molar-refractivity contribution in [1.82, 2.24) is 4.90 Å². The third-order valence-electron chi connectivity index (χ3n) is 5.06. The summed E-state index contributed by atoms with van der Waals surface area (Å²) in [6, 6.07) is 7.28. The highest BCUT2D eigenvalue weighted by Gasteiger charge is 2.43. The van der Waals surface area contributed by atoms with E-state index in [4.69, 9.17) is 10.5 Å². The van der Waals surface area contributed by atoms with Gasteiger partial charge in [-0.2, -0.15) is 0 Å². The van der Waals surface area contributed by atoms with Gasteiger partial charge in [-0.1, -0.05) is 12.1 Å². The first-order chi connectivity index (χ1) is 12.0. The zero-order chi connectivity index (χ0) is 18.3. The van der Waals surface area contributed by atoms with Gasteiger partial charge in [-0.3, -0.25) is 0 Å². The summed E-state index contributed by atoms with van der Waals surface area (Å²) in [5.74, 6) is 0. The van der Waals surface area contributed by atoms with Crippen LogP contribution in [-0.4, -0.2) is 48.6 Å². The van der Waals surface area contributed by atoms with Crippen molar-refractivity contribution < 1.29 is 14.6 Å². The Kier molecular flexibility index (Phi) is 7.59. The first kappa shape index (κ1) is 20.1. The van der Waals surface area contributed by atoms with Crippen LogP contribution in [0.25, 0.3) is 0 Å². The molecule has 25 heavy (non-hydrogen) atoms. The van der Waals surface area contributed by atoms with E-state index in [1.165, 1.54) is 0 Å². The fraction of sp³-hybridized carbons (Fsp3) is 0.632. The lowest BCUT2D eigenvalue weighted by molar-refractivity contribution is -0.0605. The van der Waals surface area contributed by atoms with Gasteiger partial charge in [0.05, 0.1) is 6.04 Å². The van der Waals surface area contributed by atoms with Gasteiger partial charge in [0.1, 0.15) is 5.60 Å². The van der Waals surface area contributed by atoms with E-state index in [2.05, 4.69) is 0 Å². The molecule has 2 rings (SSSR count). The molecule has 140 valence electrons. The number of unbranched alkanes of at least 4 members (excludes halogenated alkanes) is 1. The number of carbonyl (C=O) groups excluding carboxylic acids is 1. The van der Waals surface area contributed by atoms with Gasteiger partial charge in [0.25, 0.3) is 0 Å². The number of primary amides is 1. The van der Waals surface area contributed by atoms with E-state index in [1.54, 1.807) is 23.8 Å². The van der Waals surface area contributed by atoms with E-state index in [9.17, 15) is 9.90 Å². The number of rotatable bonds is 8. The quantitative estimate of drug-likeness (QED) is 0.546. The number of amides is 2. The summed E-state index contributed by atoms with van der Waals surface area (Å²) in [4.78, 5) is 14.7. The molecular formula is C19H30N2O3S. The molecule has 3 N–H and O–H groups in total. The summed E-state index contributed by atoms with van der Waals surface area (Å²) in [7, 11) is 1.68. The Labute approximate surface area is 154 Å². The number of aliphatic hydroxyl groups is 1. The molecule has 0 spiro atoms. The van der Waals surface area contributed by atoms with Crippen LogP contribution in [0, 0.1) is 0 Å². The minimum absolute atomic E-state index is 0.279. The molecule has 1 aromatic rings. The summed E-state index contributed by atoms with van der Waals surface area (Å²) < 4.78 is 5.13. The lowest BCUT2D eigenvalue weighted by atomic mass is 9.77. The first-order valence-corrected chi connectivity index (χ1v) is 10.2. The predicted octanol–water partition coefficient (Wildman–Crippen LogP) is 3.35. The van der Waals surface area contributed by atoms with Crippen molar-refractivity contribution in [2.45, 2.75) is 55.1 Å². The summed E-state index contributed by atoms with van der Waals surface area (Å²) >= 11 is 1.65. The van der Waals surface area contributed by atoms with Crippen LogP contribution in [-0.2, 0) is 10.3 Å². The molecule has 2 atom stereocenters. The number of methoxy groups -OCH3 is 1. The molecule has 1 fully saturated rings. The molecule has 1 heterocycles. The largest absolute Gasteiger partial charge is 0.385 e. The first-order valence-electron chi connectivity index (χ1n) is 8.95. The van der Waals surface area contributed by atoms with Gasteiger partial charge in [0.2, 0.25) is 0 Å². The van der Waals surface area contributed by atoms with Crippen LogP contribution in [0.1, 0.15) is 44.1 Å². The Morgan fingerprint density at radius 3 is 2.92 bits per heavy atom. The van der Waals surface area contributed by atoms with Crippen LogP contribution in [0.2, 0.25) is 0 Å². The molecule has 6 heteroatoms. The smallest absolute Gasteiger partial charge is 0.315 e. The second kappa shape index (κ2) is 9.46. The average Bonchev–Trinajstić information content (AvgIpc) is 2.65. The van der Waals surface area contributed by atoms with Crippen LogP contribution in [0.15, 0.2) is 29.2 Å². The van der Waals surface area contributed by atoms with Crippen LogP contribution in [0.5, 0.6) is 0 Å². The van der Waals surface area contributed by atoms with Crippen LogP contribution in [0.4, 0.5) is 4.79 Å². The third-order valence-corrected chi connectivity index (χ3v) is 5.79. The van der Waals surface area contributed by atoms with Gasteiger partial charge in [-0.15, -0.1) is 11.8 Å². The topological polar surface area (TPSA) is 75.8 Å². The van der Waals surface area contributed by atoms with Crippen molar-refractivity contribution in [2.24, 2.45) is 5.73 Å². The molecule has 0 radical (unpaired) electrons. The van der Waals surface area contributed by atoms with Crippen LogP contribution in [0.3, 0.4) is 0 Å². The number of ether oxygens (including phenoxy) is 1. The predicted molar refractivity (Wildman–Crippen MR) is 102 cm³/mol. The minimum atomic E-state index is -1.09. The third kappa shape index (κ3) is 4.90. The molecule has 1 aliphatic heterocycles. The van der Waals surface area contributed by atoms with Gasteiger partial charge >= 0.3 is 6.03 Å². The second-order valence-corrected chi connectivity index (χ2v) is 7.53. The van der Waals surface area contributed by atoms with Gasteiger partial charge in [-0.05, 0) is 62.5 Å². The lowest BCUT2D eigenvalue weighted by Gasteiger charge is -2.45. The summed E-state index contributed by atoms with van der Waals surface area (Å²) in [6.07, 6.45) is 7.02. The average molecular weight is 367 g/mol. The molecular weight excluding hydrogens is 336 g/mol. The number of likely N-dealkylation sites (tertiary alicyclic amines) is 1. The summed E-state index contributed by atoms with van der Waals surface area (Å²) in [5.41, 5.74) is 5.40. The highest BCUT2D eigenvalue weighted by Crippen LogP contribution is 2.39. The van der Waals surface area contributed by atoms with E-state index < -0.39 is 11.6 Å². The molecule has 0 aliphatic carbocycles. The standard InChI is InChI=1S/C19H30N2O3S/c1-24-13-6-4-11-19(23,15-8-7-9-16(14-15)25-2)17-10-3-5-12-21(17)18(20)22/h7-9,14,17,23H,3-6,10-13H2,1-2H3,(H2,20,22)/t17?,19-/m0/s1. The van der Waals surface area contributed by atoms with Gasteiger partial charge in [0, 0.05) is 25.2 Å². The SMILES string of the molecule is COCCCC[C@](O)(c1cccc(SC)c1)C1CCCCN1C(N)=O. The monoisotopic (exact) mass is 366 g/mol. The number of hydrogen-bond acceptors (Lipinski definition) is 4.